The van der Waals surface area contributed by atoms with Gasteiger partial charge in [0.05, 0.1) is 23.4 Å². The fourth-order valence-corrected chi connectivity index (χ4v) is 3.12. The Balaban J connectivity index is 0.00000192. The number of benzene rings is 1. The standard InChI is InChI=1S/C16H19N3O2S.ClH/c1-10-15(17-6-7-21-10)16(20)19-13-5-3-4-12(8-13)14-9-22-11(2)18-14;/h3-5,8-10,15,17H,6-7H2,1-2H3,(H,19,20);1H/t10-,15+;/m1./s1. The molecule has 0 aliphatic carbocycles. The third kappa shape index (κ3) is 4.29. The van der Waals surface area contributed by atoms with Gasteiger partial charge in [-0.2, -0.15) is 0 Å². The van der Waals surface area contributed by atoms with Crippen molar-refractivity contribution >= 4 is 35.3 Å². The first-order valence-corrected chi connectivity index (χ1v) is 8.20. The highest BCUT2D eigenvalue weighted by Gasteiger charge is 2.28. The number of ether oxygens (including phenoxy) is 1. The number of morpholine rings is 1. The van der Waals surface area contributed by atoms with E-state index in [1.165, 1.54) is 0 Å². The fraction of sp³-hybridized carbons (Fsp3) is 0.375. The van der Waals surface area contributed by atoms with Gasteiger partial charge in [-0.3, -0.25) is 4.79 Å². The molecule has 2 atom stereocenters. The Bertz CT molecular complexity index is 677. The predicted octanol–water partition coefficient (Wildman–Crippen LogP) is 2.86. The lowest BCUT2D eigenvalue weighted by Gasteiger charge is -2.29. The molecule has 1 amide bonds. The van der Waals surface area contributed by atoms with E-state index in [-0.39, 0.29) is 30.5 Å². The van der Waals surface area contributed by atoms with Crippen molar-refractivity contribution in [2.75, 3.05) is 18.5 Å². The van der Waals surface area contributed by atoms with Gasteiger partial charge in [0.25, 0.3) is 0 Å². The van der Waals surface area contributed by atoms with E-state index in [1.807, 2.05) is 43.5 Å². The van der Waals surface area contributed by atoms with Gasteiger partial charge in [0.15, 0.2) is 0 Å². The maximum Gasteiger partial charge on any atom is 0.244 e. The van der Waals surface area contributed by atoms with Crippen LogP contribution in [-0.4, -0.2) is 36.2 Å². The Hall–Kier alpha value is -1.47. The highest BCUT2D eigenvalue weighted by molar-refractivity contribution is 7.09. The van der Waals surface area contributed by atoms with Crippen LogP contribution in [-0.2, 0) is 9.53 Å². The van der Waals surface area contributed by atoms with E-state index in [1.54, 1.807) is 11.3 Å². The second-order valence-corrected chi connectivity index (χ2v) is 6.39. The topological polar surface area (TPSA) is 63.2 Å². The number of aryl methyl sites for hydroxylation is 1. The summed E-state index contributed by atoms with van der Waals surface area (Å²) >= 11 is 1.62. The number of hydrogen-bond donors (Lipinski definition) is 2. The fourth-order valence-electron chi connectivity index (χ4n) is 2.50. The number of halogens is 1. The van der Waals surface area contributed by atoms with Crippen LogP contribution in [0.4, 0.5) is 5.69 Å². The SMILES string of the molecule is Cc1nc(-c2cccc(NC(=O)[C@H]3NCCO[C@@H]3C)c2)cs1.Cl. The van der Waals surface area contributed by atoms with Crippen LogP contribution in [0.15, 0.2) is 29.6 Å². The van der Waals surface area contributed by atoms with Crippen LogP contribution >= 0.6 is 23.7 Å². The van der Waals surface area contributed by atoms with Gasteiger partial charge in [-0.1, -0.05) is 12.1 Å². The zero-order valence-corrected chi connectivity index (χ0v) is 14.7. The molecule has 23 heavy (non-hydrogen) atoms. The Labute approximate surface area is 145 Å². The molecular weight excluding hydrogens is 334 g/mol. The number of nitrogens with zero attached hydrogens (tertiary/aromatic N) is 1. The van der Waals surface area contributed by atoms with Gasteiger partial charge in [0, 0.05) is 23.2 Å². The van der Waals surface area contributed by atoms with Gasteiger partial charge in [-0.15, -0.1) is 23.7 Å². The van der Waals surface area contributed by atoms with Crippen LogP contribution in [0.3, 0.4) is 0 Å². The molecule has 0 bridgehead atoms. The molecule has 1 aliphatic rings. The monoisotopic (exact) mass is 353 g/mol. The molecule has 2 aromatic rings. The van der Waals surface area contributed by atoms with Crippen LogP contribution in [0.25, 0.3) is 11.3 Å². The average Bonchev–Trinajstić information content (AvgIpc) is 2.94. The van der Waals surface area contributed by atoms with Gasteiger partial charge in [0.1, 0.15) is 6.04 Å². The summed E-state index contributed by atoms with van der Waals surface area (Å²) in [5.74, 6) is -0.0705. The number of aromatic nitrogens is 1. The van der Waals surface area contributed by atoms with E-state index in [0.29, 0.717) is 13.2 Å². The Morgan fingerprint density at radius 3 is 3.00 bits per heavy atom. The van der Waals surface area contributed by atoms with E-state index in [0.717, 1.165) is 22.0 Å². The summed E-state index contributed by atoms with van der Waals surface area (Å²) in [6.45, 7) is 5.23. The number of carbonyl (C=O) groups excluding carboxylic acids is 1. The molecular formula is C16H20ClN3O2S. The number of carbonyl (C=O) groups is 1. The lowest BCUT2D eigenvalue weighted by molar-refractivity contribution is -0.123. The second-order valence-electron chi connectivity index (χ2n) is 5.33. The molecule has 7 heteroatoms. The summed E-state index contributed by atoms with van der Waals surface area (Å²) < 4.78 is 5.51. The van der Waals surface area contributed by atoms with Gasteiger partial charge >= 0.3 is 0 Å². The molecule has 5 nitrogen and oxygen atoms in total. The van der Waals surface area contributed by atoms with Crippen molar-refractivity contribution in [2.45, 2.75) is 26.0 Å². The maximum absolute atomic E-state index is 12.4. The van der Waals surface area contributed by atoms with Gasteiger partial charge < -0.3 is 15.4 Å². The minimum atomic E-state index is -0.320. The Kier molecular flexibility index (Phi) is 6.12. The zero-order valence-electron chi connectivity index (χ0n) is 13.0. The number of amides is 1. The summed E-state index contributed by atoms with van der Waals surface area (Å²) in [7, 11) is 0. The van der Waals surface area contributed by atoms with Crippen molar-refractivity contribution in [3.8, 4) is 11.3 Å². The summed E-state index contributed by atoms with van der Waals surface area (Å²) in [5.41, 5.74) is 2.71. The van der Waals surface area contributed by atoms with Crippen molar-refractivity contribution in [3.63, 3.8) is 0 Å². The molecule has 1 aromatic carbocycles. The first-order chi connectivity index (χ1) is 10.6. The van der Waals surface area contributed by atoms with Gasteiger partial charge in [0.2, 0.25) is 5.91 Å². The molecule has 2 N–H and O–H groups in total. The van der Waals surface area contributed by atoms with Crippen LogP contribution in [0.5, 0.6) is 0 Å². The smallest absolute Gasteiger partial charge is 0.244 e. The van der Waals surface area contributed by atoms with Crippen molar-refractivity contribution < 1.29 is 9.53 Å². The zero-order chi connectivity index (χ0) is 15.5. The largest absolute Gasteiger partial charge is 0.375 e. The maximum atomic E-state index is 12.4. The van der Waals surface area contributed by atoms with Gasteiger partial charge in [-0.25, -0.2) is 4.98 Å². The number of thiazole rings is 1. The molecule has 0 spiro atoms. The molecule has 1 aromatic heterocycles. The summed E-state index contributed by atoms with van der Waals surface area (Å²) in [5, 5.41) is 9.20. The van der Waals surface area contributed by atoms with Crippen molar-refractivity contribution in [3.05, 3.63) is 34.7 Å². The van der Waals surface area contributed by atoms with E-state index >= 15 is 0 Å². The Morgan fingerprint density at radius 2 is 2.30 bits per heavy atom. The third-order valence-electron chi connectivity index (χ3n) is 3.64. The lowest BCUT2D eigenvalue weighted by atomic mass is 10.1. The van der Waals surface area contributed by atoms with E-state index < -0.39 is 0 Å². The quantitative estimate of drug-likeness (QED) is 0.890. The Morgan fingerprint density at radius 1 is 1.48 bits per heavy atom. The predicted molar refractivity (Wildman–Crippen MR) is 95.4 cm³/mol. The summed E-state index contributed by atoms with van der Waals surface area (Å²) in [6.07, 6.45) is -0.127. The highest BCUT2D eigenvalue weighted by atomic mass is 35.5. The number of nitrogens with one attached hydrogen (secondary N) is 2. The second kappa shape index (κ2) is 7.88. The van der Waals surface area contributed by atoms with Crippen molar-refractivity contribution in [1.29, 1.82) is 0 Å². The number of hydrogen-bond acceptors (Lipinski definition) is 5. The molecule has 124 valence electrons. The minimum Gasteiger partial charge on any atom is -0.375 e. The van der Waals surface area contributed by atoms with Crippen LogP contribution in [0.2, 0.25) is 0 Å². The van der Waals surface area contributed by atoms with Crippen molar-refractivity contribution in [2.24, 2.45) is 0 Å². The first-order valence-electron chi connectivity index (χ1n) is 7.32. The lowest BCUT2D eigenvalue weighted by Crippen LogP contribution is -2.53. The van der Waals surface area contributed by atoms with E-state index in [9.17, 15) is 4.79 Å². The molecule has 1 fully saturated rings. The molecule has 0 radical (unpaired) electrons. The van der Waals surface area contributed by atoms with E-state index in [4.69, 9.17) is 4.74 Å². The number of rotatable bonds is 3. The molecule has 1 aliphatic heterocycles. The van der Waals surface area contributed by atoms with Crippen LogP contribution < -0.4 is 10.6 Å². The highest BCUT2D eigenvalue weighted by Crippen LogP contribution is 2.24. The molecule has 0 saturated carbocycles. The van der Waals surface area contributed by atoms with Crippen molar-refractivity contribution in [1.82, 2.24) is 10.3 Å². The van der Waals surface area contributed by atoms with Crippen LogP contribution in [0, 0.1) is 6.92 Å². The third-order valence-corrected chi connectivity index (χ3v) is 4.42. The molecule has 3 rings (SSSR count). The minimum absolute atomic E-state index is 0. The number of anilines is 1. The molecule has 1 saturated heterocycles. The summed E-state index contributed by atoms with van der Waals surface area (Å²) in [6, 6.07) is 7.43. The first kappa shape index (κ1) is 17.9. The average molecular weight is 354 g/mol. The summed E-state index contributed by atoms with van der Waals surface area (Å²) in [4.78, 5) is 16.8. The van der Waals surface area contributed by atoms with E-state index in [2.05, 4.69) is 15.6 Å². The van der Waals surface area contributed by atoms with Crippen LogP contribution in [0.1, 0.15) is 11.9 Å². The molecule has 2 heterocycles. The normalized spacial score (nSPS) is 20.6. The molecule has 0 unspecified atom stereocenters. The van der Waals surface area contributed by atoms with Gasteiger partial charge in [-0.05, 0) is 26.0 Å².